The van der Waals surface area contributed by atoms with Gasteiger partial charge in [-0.2, -0.15) is 0 Å². The van der Waals surface area contributed by atoms with Gasteiger partial charge in [0.25, 0.3) is 5.69 Å². The van der Waals surface area contributed by atoms with Gasteiger partial charge in [0, 0.05) is 35.9 Å². The maximum absolute atomic E-state index is 10.8. The van der Waals surface area contributed by atoms with Gasteiger partial charge < -0.3 is 10.2 Å². The van der Waals surface area contributed by atoms with E-state index in [1.807, 2.05) is 19.2 Å². The smallest absolute Gasteiger partial charge is 0.272 e. The number of rotatable bonds is 3. The Kier molecular flexibility index (Phi) is 3.75. The molecule has 0 saturated carbocycles. The molecule has 0 aliphatic carbocycles. The van der Waals surface area contributed by atoms with Gasteiger partial charge in [-0.25, -0.2) is 0 Å². The van der Waals surface area contributed by atoms with Gasteiger partial charge in [-0.3, -0.25) is 10.1 Å². The summed E-state index contributed by atoms with van der Waals surface area (Å²) in [6.07, 6.45) is 2.17. The molecule has 5 nitrogen and oxygen atoms in total. The Morgan fingerprint density at radius 2 is 2.00 bits per heavy atom. The lowest BCUT2D eigenvalue weighted by Gasteiger charge is -2.40. The molecule has 0 radical (unpaired) electrons. The fraction of sp³-hybridized carbons (Fsp3) is 0.571. The molecule has 0 unspecified atom stereocenters. The SMILES string of the molecule is CNC1(C)CCN(c2ccc([N+](=O)[O-])c(C)c2)CC1. The third kappa shape index (κ3) is 2.87. The summed E-state index contributed by atoms with van der Waals surface area (Å²) in [5, 5.41) is 14.2. The summed E-state index contributed by atoms with van der Waals surface area (Å²) in [7, 11) is 2.01. The Labute approximate surface area is 113 Å². The second-order valence-corrected chi connectivity index (χ2v) is 5.53. The molecule has 104 valence electrons. The second-order valence-electron chi connectivity index (χ2n) is 5.53. The van der Waals surface area contributed by atoms with Crippen LogP contribution in [0.25, 0.3) is 0 Å². The molecule has 0 amide bonds. The predicted octanol–water partition coefficient (Wildman–Crippen LogP) is 2.48. The summed E-state index contributed by atoms with van der Waals surface area (Å²) in [5.41, 5.74) is 2.22. The zero-order valence-corrected chi connectivity index (χ0v) is 11.8. The highest BCUT2D eigenvalue weighted by Crippen LogP contribution is 2.29. The van der Waals surface area contributed by atoms with Gasteiger partial charge in [-0.05, 0) is 45.9 Å². The number of nitrogens with zero attached hydrogens (tertiary/aromatic N) is 2. The molecule has 0 spiro atoms. The summed E-state index contributed by atoms with van der Waals surface area (Å²) in [6, 6.07) is 5.38. The number of aryl methyl sites for hydroxylation is 1. The molecule has 0 bridgehead atoms. The van der Waals surface area contributed by atoms with Crippen LogP contribution in [0.4, 0.5) is 11.4 Å². The quantitative estimate of drug-likeness (QED) is 0.672. The number of nitrogens with one attached hydrogen (secondary N) is 1. The molecule has 19 heavy (non-hydrogen) atoms. The number of anilines is 1. The van der Waals surface area contributed by atoms with E-state index in [1.54, 1.807) is 13.0 Å². The van der Waals surface area contributed by atoms with Crippen molar-refractivity contribution in [2.24, 2.45) is 0 Å². The van der Waals surface area contributed by atoms with Gasteiger partial charge >= 0.3 is 0 Å². The molecule has 1 aliphatic rings. The predicted molar refractivity (Wildman–Crippen MR) is 76.7 cm³/mol. The Morgan fingerprint density at radius 3 is 2.47 bits per heavy atom. The number of benzene rings is 1. The van der Waals surface area contributed by atoms with E-state index < -0.39 is 0 Å². The van der Waals surface area contributed by atoms with Crippen LogP contribution in [0.1, 0.15) is 25.3 Å². The van der Waals surface area contributed by atoms with E-state index in [-0.39, 0.29) is 16.1 Å². The lowest BCUT2D eigenvalue weighted by Crippen LogP contribution is -2.50. The number of hydrogen-bond acceptors (Lipinski definition) is 4. The molecule has 1 heterocycles. The van der Waals surface area contributed by atoms with Crippen molar-refractivity contribution >= 4 is 11.4 Å². The van der Waals surface area contributed by atoms with Crippen LogP contribution in [0.15, 0.2) is 18.2 Å². The van der Waals surface area contributed by atoms with Crippen molar-refractivity contribution < 1.29 is 4.92 Å². The molecular formula is C14H21N3O2. The van der Waals surface area contributed by atoms with Crippen LogP contribution in [-0.2, 0) is 0 Å². The lowest BCUT2D eigenvalue weighted by molar-refractivity contribution is -0.385. The number of nitro benzene ring substituents is 1. The minimum Gasteiger partial charge on any atom is -0.371 e. The number of nitro groups is 1. The van der Waals surface area contributed by atoms with E-state index in [1.165, 1.54) is 0 Å². The first-order chi connectivity index (χ1) is 8.95. The average molecular weight is 263 g/mol. The zero-order chi connectivity index (χ0) is 14.0. The van der Waals surface area contributed by atoms with E-state index in [4.69, 9.17) is 0 Å². The van der Waals surface area contributed by atoms with E-state index >= 15 is 0 Å². The molecule has 1 saturated heterocycles. The van der Waals surface area contributed by atoms with Crippen LogP contribution in [0.5, 0.6) is 0 Å². The van der Waals surface area contributed by atoms with Crippen molar-refractivity contribution in [3.05, 3.63) is 33.9 Å². The van der Waals surface area contributed by atoms with Crippen molar-refractivity contribution in [2.75, 3.05) is 25.0 Å². The first-order valence-electron chi connectivity index (χ1n) is 6.64. The van der Waals surface area contributed by atoms with Crippen molar-refractivity contribution in [3.8, 4) is 0 Å². The van der Waals surface area contributed by atoms with Crippen LogP contribution in [0.3, 0.4) is 0 Å². The maximum atomic E-state index is 10.8. The van der Waals surface area contributed by atoms with Crippen molar-refractivity contribution in [3.63, 3.8) is 0 Å². The topological polar surface area (TPSA) is 58.4 Å². The monoisotopic (exact) mass is 263 g/mol. The zero-order valence-electron chi connectivity index (χ0n) is 11.8. The molecule has 1 N–H and O–H groups in total. The summed E-state index contributed by atoms with van der Waals surface area (Å²) in [6.45, 7) is 6.00. The van der Waals surface area contributed by atoms with Gasteiger partial charge in [0.05, 0.1) is 4.92 Å². The van der Waals surface area contributed by atoms with Crippen molar-refractivity contribution in [1.29, 1.82) is 0 Å². The fourth-order valence-corrected chi connectivity index (χ4v) is 2.55. The highest BCUT2D eigenvalue weighted by atomic mass is 16.6. The summed E-state index contributed by atoms with van der Waals surface area (Å²) >= 11 is 0. The third-order valence-corrected chi connectivity index (χ3v) is 4.21. The molecular weight excluding hydrogens is 242 g/mol. The molecule has 1 aromatic carbocycles. The molecule has 2 rings (SSSR count). The van der Waals surface area contributed by atoms with Crippen molar-refractivity contribution in [1.82, 2.24) is 5.32 Å². The number of hydrogen-bond donors (Lipinski definition) is 1. The first kappa shape index (κ1) is 13.8. The Hall–Kier alpha value is -1.62. The standard InChI is InChI=1S/C14H21N3O2/c1-11-10-12(4-5-13(11)17(18)19)16-8-6-14(2,15-3)7-9-16/h4-5,10,15H,6-9H2,1-3H3. The Bertz CT molecular complexity index is 480. The van der Waals surface area contributed by atoms with Gasteiger partial charge in [-0.1, -0.05) is 0 Å². The van der Waals surface area contributed by atoms with E-state index in [2.05, 4.69) is 17.1 Å². The highest BCUT2D eigenvalue weighted by molar-refractivity contribution is 5.55. The minimum atomic E-state index is -0.326. The molecule has 1 aliphatic heterocycles. The van der Waals surface area contributed by atoms with Gasteiger partial charge in [-0.15, -0.1) is 0 Å². The first-order valence-corrected chi connectivity index (χ1v) is 6.64. The van der Waals surface area contributed by atoms with Gasteiger partial charge in [0.15, 0.2) is 0 Å². The molecule has 5 heteroatoms. The lowest BCUT2D eigenvalue weighted by atomic mass is 9.89. The largest absolute Gasteiger partial charge is 0.371 e. The van der Waals surface area contributed by atoms with Crippen LogP contribution in [-0.4, -0.2) is 30.6 Å². The van der Waals surface area contributed by atoms with Crippen LogP contribution in [0, 0.1) is 17.0 Å². The van der Waals surface area contributed by atoms with Crippen LogP contribution in [0.2, 0.25) is 0 Å². The van der Waals surface area contributed by atoms with Crippen LogP contribution >= 0.6 is 0 Å². The molecule has 0 aromatic heterocycles. The average Bonchev–Trinajstić information content (AvgIpc) is 2.39. The minimum absolute atomic E-state index is 0.195. The van der Waals surface area contributed by atoms with Gasteiger partial charge in [0.1, 0.15) is 0 Å². The van der Waals surface area contributed by atoms with E-state index in [9.17, 15) is 10.1 Å². The summed E-state index contributed by atoms with van der Waals surface area (Å²) in [5.74, 6) is 0. The fourth-order valence-electron chi connectivity index (χ4n) is 2.55. The van der Waals surface area contributed by atoms with E-state index in [0.29, 0.717) is 0 Å². The summed E-state index contributed by atoms with van der Waals surface area (Å²) < 4.78 is 0. The molecule has 1 fully saturated rings. The normalized spacial score (nSPS) is 18.4. The number of piperidine rings is 1. The maximum Gasteiger partial charge on any atom is 0.272 e. The van der Waals surface area contributed by atoms with Crippen molar-refractivity contribution in [2.45, 2.75) is 32.2 Å². The molecule has 0 atom stereocenters. The Balaban J connectivity index is 2.12. The summed E-state index contributed by atoms with van der Waals surface area (Å²) in [4.78, 5) is 12.8. The third-order valence-electron chi connectivity index (χ3n) is 4.21. The van der Waals surface area contributed by atoms with Gasteiger partial charge in [0.2, 0.25) is 0 Å². The van der Waals surface area contributed by atoms with E-state index in [0.717, 1.165) is 37.2 Å². The van der Waals surface area contributed by atoms with Crippen LogP contribution < -0.4 is 10.2 Å². The molecule has 1 aromatic rings. The second kappa shape index (κ2) is 5.17. The highest BCUT2D eigenvalue weighted by Gasteiger charge is 2.28. The Morgan fingerprint density at radius 1 is 1.37 bits per heavy atom.